The summed E-state index contributed by atoms with van der Waals surface area (Å²) in [6.07, 6.45) is 8.81. The number of ether oxygens (including phenoxy) is 1. The monoisotopic (exact) mass is 452 g/mol. The van der Waals surface area contributed by atoms with Crippen molar-refractivity contribution in [3.8, 4) is 5.75 Å². The third kappa shape index (κ3) is 5.82. The van der Waals surface area contributed by atoms with E-state index in [1.54, 1.807) is 19.2 Å². The highest BCUT2D eigenvalue weighted by Crippen LogP contribution is 2.24. The molecule has 1 aromatic carbocycles. The van der Waals surface area contributed by atoms with Crippen molar-refractivity contribution >= 4 is 17.6 Å². The number of rotatable bonds is 7. The predicted octanol–water partition coefficient (Wildman–Crippen LogP) is 1.60. The van der Waals surface area contributed by atoms with Gasteiger partial charge in [-0.2, -0.15) is 0 Å². The lowest BCUT2D eigenvalue weighted by Crippen LogP contribution is -2.59. The maximum absolute atomic E-state index is 12.8. The Bertz CT molecular complexity index is 932. The fraction of sp³-hybridized carbons (Fsp3) is 0.480. The van der Waals surface area contributed by atoms with Crippen LogP contribution >= 0.6 is 0 Å². The molecular formula is C25H32N4O4. The zero-order chi connectivity index (χ0) is 23.2. The van der Waals surface area contributed by atoms with Crippen molar-refractivity contribution in [2.75, 3.05) is 33.3 Å². The molecule has 1 aliphatic carbocycles. The van der Waals surface area contributed by atoms with Crippen LogP contribution in [0, 0.1) is 11.8 Å². The van der Waals surface area contributed by atoms with Gasteiger partial charge < -0.3 is 20.7 Å². The van der Waals surface area contributed by atoms with Crippen LogP contribution in [0.2, 0.25) is 0 Å². The molecule has 33 heavy (non-hydrogen) atoms. The highest BCUT2D eigenvalue weighted by atomic mass is 16.5. The van der Waals surface area contributed by atoms with Gasteiger partial charge in [-0.3, -0.25) is 19.3 Å². The number of hydrogen-bond acceptors (Lipinski definition) is 6. The van der Waals surface area contributed by atoms with E-state index >= 15 is 0 Å². The summed E-state index contributed by atoms with van der Waals surface area (Å²) in [5.41, 5.74) is 1.62. The average Bonchev–Trinajstić information content (AvgIpc) is 3.09. The summed E-state index contributed by atoms with van der Waals surface area (Å²) < 4.78 is 5.15. The van der Waals surface area contributed by atoms with Crippen LogP contribution in [0.5, 0.6) is 5.75 Å². The Balaban J connectivity index is 1.19. The number of methoxy groups -OCH3 is 1. The number of carbonyl (C=O) groups excluding carboxylic acids is 3. The van der Waals surface area contributed by atoms with Crippen molar-refractivity contribution in [3.63, 3.8) is 0 Å². The van der Waals surface area contributed by atoms with Gasteiger partial charge in [-0.25, -0.2) is 0 Å². The van der Waals surface area contributed by atoms with E-state index in [0.29, 0.717) is 25.2 Å². The number of nitrogens with zero attached hydrogens (tertiary/aromatic N) is 1. The molecule has 4 rings (SSSR count). The lowest BCUT2D eigenvalue weighted by Gasteiger charge is -2.34. The number of carbonyl (C=O) groups is 3. The molecule has 0 radical (unpaired) electrons. The minimum atomic E-state index is -0.316. The number of nitrogens with one attached hydrogen (secondary N) is 3. The Hall–Kier alpha value is -3.13. The second-order valence-corrected chi connectivity index (χ2v) is 8.83. The highest BCUT2D eigenvalue weighted by Gasteiger charge is 2.32. The van der Waals surface area contributed by atoms with Crippen LogP contribution in [0.25, 0.3) is 0 Å². The fourth-order valence-electron chi connectivity index (χ4n) is 4.65. The van der Waals surface area contributed by atoms with Gasteiger partial charge in [0.15, 0.2) is 5.78 Å². The van der Waals surface area contributed by atoms with Gasteiger partial charge in [0.2, 0.25) is 11.8 Å². The lowest BCUT2D eigenvalue weighted by atomic mass is 9.89. The van der Waals surface area contributed by atoms with Gasteiger partial charge in [0, 0.05) is 17.2 Å². The first-order valence-electron chi connectivity index (χ1n) is 11.6. The lowest BCUT2D eigenvalue weighted by molar-refractivity contribution is -0.127. The normalized spacial score (nSPS) is 23.4. The van der Waals surface area contributed by atoms with Gasteiger partial charge in [-0.1, -0.05) is 12.2 Å². The topological polar surface area (TPSA) is 99.8 Å². The van der Waals surface area contributed by atoms with E-state index in [9.17, 15) is 14.4 Å². The number of benzene rings is 1. The van der Waals surface area contributed by atoms with Crippen LogP contribution in [0.1, 0.15) is 36.0 Å². The maximum atomic E-state index is 12.8. The predicted molar refractivity (Wildman–Crippen MR) is 125 cm³/mol. The van der Waals surface area contributed by atoms with Crippen LogP contribution in [-0.2, 0) is 9.59 Å². The summed E-state index contributed by atoms with van der Waals surface area (Å²) in [4.78, 5) is 39.7. The molecule has 2 unspecified atom stereocenters. The number of likely N-dealkylation sites (tertiary alicyclic amines) is 1. The van der Waals surface area contributed by atoms with E-state index in [4.69, 9.17) is 4.74 Å². The molecule has 0 saturated carbocycles. The van der Waals surface area contributed by atoms with Crippen LogP contribution in [0.4, 0.5) is 0 Å². The second-order valence-electron chi connectivity index (χ2n) is 8.83. The van der Waals surface area contributed by atoms with Crippen molar-refractivity contribution < 1.29 is 19.1 Å². The summed E-state index contributed by atoms with van der Waals surface area (Å²) in [6, 6.07) is 7.23. The zero-order valence-electron chi connectivity index (χ0n) is 19.0. The van der Waals surface area contributed by atoms with E-state index in [2.05, 4.69) is 26.9 Å². The Morgan fingerprint density at radius 3 is 2.61 bits per heavy atom. The minimum Gasteiger partial charge on any atom is -0.497 e. The number of hydrogen-bond donors (Lipinski definition) is 3. The van der Waals surface area contributed by atoms with Gasteiger partial charge >= 0.3 is 0 Å². The molecule has 2 amide bonds. The van der Waals surface area contributed by atoms with E-state index in [-0.39, 0.29) is 42.1 Å². The quantitative estimate of drug-likeness (QED) is 0.544. The first-order chi connectivity index (χ1) is 16.0. The SMILES string of the molecule is COc1ccc(C(=O)C2CCN(CC(=O)NCC3NC(=O)C4CCC=CC=C4N3)CC2)cc1. The third-order valence-corrected chi connectivity index (χ3v) is 6.59. The number of fused-ring (bicyclic) bond motifs is 1. The molecule has 3 aliphatic rings. The van der Waals surface area contributed by atoms with E-state index < -0.39 is 0 Å². The van der Waals surface area contributed by atoms with E-state index in [1.807, 2.05) is 24.3 Å². The van der Waals surface area contributed by atoms with Crippen LogP contribution < -0.4 is 20.7 Å². The van der Waals surface area contributed by atoms with Crippen LogP contribution in [0.3, 0.4) is 0 Å². The molecule has 2 fully saturated rings. The minimum absolute atomic E-state index is 0.00606. The Morgan fingerprint density at radius 2 is 1.88 bits per heavy atom. The average molecular weight is 453 g/mol. The molecule has 0 bridgehead atoms. The molecular weight excluding hydrogens is 420 g/mol. The number of piperidine rings is 1. The van der Waals surface area contributed by atoms with Crippen molar-refractivity contribution in [3.05, 3.63) is 53.8 Å². The molecule has 2 atom stereocenters. The van der Waals surface area contributed by atoms with Gasteiger partial charge in [0.05, 0.1) is 26.1 Å². The Morgan fingerprint density at radius 1 is 1.12 bits per heavy atom. The molecule has 8 nitrogen and oxygen atoms in total. The second kappa shape index (κ2) is 10.7. The molecule has 2 saturated heterocycles. The molecule has 176 valence electrons. The number of Topliss-reactive ketones (excluding diaryl/α,β-unsaturated/α-hetero) is 1. The molecule has 0 spiro atoms. The van der Waals surface area contributed by atoms with Crippen LogP contribution in [0.15, 0.2) is 48.2 Å². The molecule has 3 N–H and O–H groups in total. The first kappa shape index (κ1) is 23.0. The van der Waals surface area contributed by atoms with Crippen molar-refractivity contribution in [1.29, 1.82) is 0 Å². The number of ketones is 1. The Labute approximate surface area is 194 Å². The van der Waals surface area contributed by atoms with Crippen molar-refractivity contribution in [2.45, 2.75) is 31.8 Å². The number of allylic oxidation sites excluding steroid dienone is 3. The summed E-state index contributed by atoms with van der Waals surface area (Å²) in [6.45, 7) is 2.03. The van der Waals surface area contributed by atoms with Crippen molar-refractivity contribution in [1.82, 2.24) is 20.9 Å². The maximum Gasteiger partial charge on any atom is 0.234 e. The number of amides is 2. The highest BCUT2D eigenvalue weighted by molar-refractivity contribution is 5.98. The fourth-order valence-corrected chi connectivity index (χ4v) is 4.65. The smallest absolute Gasteiger partial charge is 0.234 e. The largest absolute Gasteiger partial charge is 0.497 e. The van der Waals surface area contributed by atoms with E-state index in [1.165, 1.54) is 0 Å². The van der Waals surface area contributed by atoms with E-state index in [0.717, 1.165) is 37.1 Å². The van der Waals surface area contributed by atoms with Crippen LogP contribution in [-0.4, -0.2) is 62.0 Å². The first-order valence-corrected chi connectivity index (χ1v) is 11.6. The van der Waals surface area contributed by atoms with Gasteiger partial charge in [-0.15, -0.1) is 0 Å². The van der Waals surface area contributed by atoms with Gasteiger partial charge in [0.1, 0.15) is 11.9 Å². The summed E-state index contributed by atoms with van der Waals surface area (Å²) in [7, 11) is 1.60. The molecule has 2 heterocycles. The summed E-state index contributed by atoms with van der Waals surface area (Å²) in [5.74, 6) is 0.650. The summed E-state index contributed by atoms with van der Waals surface area (Å²) >= 11 is 0. The standard InChI is InChI=1S/C25H32N4O4/c1-33-19-9-7-17(8-10-19)24(31)18-11-13-29(14-12-18)16-23(30)26-15-22-27-21-6-4-2-3-5-20(21)25(32)28-22/h2,4,6-10,18,20,22,27H,3,5,11-16H2,1H3,(H,26,30)(H,28,32). The molecule has 1 aromatic rings. The Kier molecular flexibility index (Phi) is 7.44. The molecule has 2 aliphatic heterocycles. The van der Waals surface area contributed by atoms with Crippen molar-refractivity contribution in [2.24, 2.45) is 11.8 Å². The third-order valence-electron chi connectivity index (χ3n) is 6.59. The van der Waals surface area contributed by atoms with Gasteiger partial charge in [-0.05, 0) is 69.1 Å². The summed E-state index contributed by atoms with van der Waals surface area (Å²) in [5, 5.41) is 9.20. The van der Waals surface area contributed by atoms with Gasteiger partial charge in [0.25, 0.3) is 0 Å². The zero-order valence-corrected chi connectivity index (χ0v) is 19.0. The molecule has 8 heteroatoms. The molecule has 0 aromatic heterocycles.